The number of methoxy groups -OCH3 is 2. The van der Waals surface area contributed by atoms with Crippen molar-refractivity contribution >= 4 is 33.9 Å². The van der Waals surface area contributed by atoms with Crippen molar-refractivity contribution in [3.8, 4) is 45.6 Å². The molecular formula is C44H49Ar3Cl2NO6PRu-3. The number of hydrogen-bond donors (Lipinski definition) is 0. The molecule has 0 radical (unpaired) electrons. The predicted octanol–water partition coefficient (Wildman–Crippen LogP) is 11.6. The third-order valence-electron chi connectivity index (χ3n) is 9.26. The Kier molecular flexibility index (Phi) is 26.5. The minimum absolute atomic E-state index is 0. The van der Waals surface area contributed by atoms with Gasteiger partial charge in [-0.1, -0.05) is 113 Å². The van der Waals surface area contributed by atoms with Gasteiger partial charge in [0.15, 0.2) is 11.5 Å². The van der Waals surface area contributed by atoms with E-state index in [2.05, 4.69) is 75.9 Å². The first-order valence-electron chi connectivity index (χ1n) is 17.5. The molecule has 0 bridgehead atoms. The maximum absolute atomic E-state index is 9.25. The minimum atomic E-state index is -0.924. The molecule has 320 valence electrons. The fourth-order valence-corrected chi connectivity index (χ4v) is 6.91. The first-order valence-corrected chi connectivity index (χ1v) is 22.5. The summed E-state index contributed by atoms with van der Waals surface area (Å²) in [5.74, 6) is 4.67. The van der Waals surface area contributed by atoms with Gasteiger partial charge in [0.05, 0.1) is 14.2 Å². The second-order valence-electron chi connectivity index (χ2n) is 13.4. The maximum atomic E-state index is 9.25. The van der Waals surface area contributed by atoms with Gasteiger partial charge in [-0.15, -0.1) is 9.24 Å². The summed E-state index contributed by atoms with van der Waals surface area (Å²) in [6.07, 6.45) is 0. The molecule has 5 aromatic carbocycles. The third-order valence-corrected chi connectivity index (χ3v) is 9.75. The Labute approximate surface area is 453 Å². The molecule has 2 aliphatic rings. The summed E-state index contributed by atoms with van der Waals surface area (Å²) in [5, 5.41) is 1.00. The number of fused-ring (bicyclic) bond motifs is 2. The van der Waals surface area contributed by atoms with E-state index in [-0.39, 0.29) is 154 Å². The van der Waals surface area contributed by atoms with Gasteiger partial charge >= 0.3 is 34.5 Å². The first kappa shape index (κ1) is 56.2. The van der Waals surface area contributed by atoms with E-state index in [1.807, 2.05) is 72.8 Å². The van der Waals surface area contributed by atoms with Crippen molar-refractivity contribution in [1.29, 1.82) is 0 Å². The molecule has 7 rings (SSSR count). The van der Waals surface area contributed by atoms with Crippen molar-refractivity contribution in [2.24, 2.45) is 11.8 Å². The van der Waals surface area contributed by atoms with E-state index in [0.29, 0.717) is 5.75 Å². The molecule has 2 atom stereocenters. The molecule has 0 amide bonds. The van der Waals surface area contributed by atoms with Crippen LogP contribution >= 0.6 is 28.6 Å². The van der Waals surface area contributed by atoms with Gasteiger partial charge in [0.1, 0.15) is 23.0 Å². The Balaban J connectivity index is 0.000000438. The molecule has 2 heterocycles. The molecule has 0 fully saturated rings. The molecule has 0 spiro atoms. The van der Waals surface area contributed by atoms with Crippen LogP contribution in [0.3, 0.4) is 0 Å². The normalized spacial score (nSPS) is 12.1. The Hall–Kier alpha value is 0.143. The van der Waals surface area contributed by atoms with Gasteiger partial charge in [-0.05, 0) is 62.0 Å². The van der Waals surface area contributed by atoms with Crippen molar-refractivity contribution in [2.45, 2.75) is 40.2 Å². The van der Waals surface area contributed by atoms with E-state index in [4.69, 9.17) is 47.8 Å². The van der Waals surface area contributed by atoms with Crippen molar-refractivity contribution < 1.29 is 157 Å². The molecule has 1 unspecified atom stereocenters. The monoisotopic (exact) mass is 1010 g/mol. The molecule has 7 nitrogen and oxygen atoms in total. The molecule has 58 heavy (non-hydrogen) atoms. The van der Waals surface area contributed by atoms with E-state index in [0.717, 1.165) is 61.9 Å². The second kappa shape index (κ2) is 27.4. The molecule has 0 saturated carbocycles. The summed E-state index contributed by atoms with van der Waals surface area (Å²) in [4.78, 5) is 0. The van der Waals surface area contributed by atoms with Crippen LogP contribution in [0.2, 0.25) is 0 Å². The SMILES string of the molecule is Cc1cc(C)cc(C)c1.[Ar].[Ar].[Ar].[CH2-][C@H](C(C)C)C([NH-])(c1ccc(OC)cc1)c1ccc(OC)cc1.[CH2-]c1ccc2c(c1-c1c(P)ccc3c1OCO3)OCO2.[Cl][Ru][Cl]. The average molecular weight is 1010 g/mol. The van der Waals surface area contributed by atoms with Gasteiger partial charge in [-0.25, -0.2) is 0 Å². The van der Waals surface area contributed by atoms with Gasteiger partial charge in [0.25, 0.3) is 0 Å². The molecule has 0 saturated heterocycles. The Morgan fingerprint density at radius 2 is 1.05 bits per heavy atom. The summed E-state index contributed by atoms with van der Waals surface area (Å²) < 4.78 is 32.6. The number of hydrogen-bond acceptors (Lipinski definition) is 6. The van der Waals surface area contributed by atoms with Gasteiger partial charge in [-0.2, -0.15) is 24.5 Å². The van der Waals surface area contributed by atoms with E-state index in [9.17, 15) is 5.73 Å². The van der Waals surface area contributed by atoms with Crippen LogP contribution in [-0.4, -0.2) is 27.8 Å². The van der Waals surface area contributed by atoms with Crippen LogP contribution in [0, 0.1) is 160 Å². The fourth-order valence-electron chi connectivity index (χ4n) is 6.54. The summed E-state index contributed by atoms with van der Waals surface area (Å²) in [6, 6.07) is 29.6. The van der Waals surface area contributed by atoms with Gasteiger partial charge in [0, 0.05) is 113 Å². The molecular weight excluding hydrogens is 961 g/mol. The number of ether oxygens (including phenoxy) is 6. The van der Waals surface area contributed by atoms with E-state index in [1.165, 1.54) is 16.7 Å². The number of nitrogens with one attached hydrogen (secondary N) is 1. The Morgan fingerprint density at radius 1 is 0.672 bits per heavy atom. The number of benzene rings is 5. The van der Waals surface area contributed by atoms with Crippen LogP contribution < -0.4 is 33.7 Å². The van der Waals surface area contributed by atoms with Crippen molar-refractivity contribution in [3.05, 3.63) is 144 Å². The van der Waals surface area contributed by atoms with Crippen molar-refractivity contribution in [1.82, 2.24) is 0 Å². The fraction of sp³-hybridized carbons (Fsp3) is 0.273. The third kappa shape index (κ3) is 14.6. The zero-order chi connectivity index (χ0) is 40.3. The number of rotatable bonds is 7. The zero-order valence-corrected chi connectivity index (χ0v) is 39.9. The first-order chi connectivity index (χ1) is 26.3. The molecule has 5 aromatic rings. The Morgan fingerprint density at radius 3 is 1.43 bits per heavy atom. The standard InChI is InChI=1S/C20H25NO2.C15H12O4P.C9H12.3Ar.2ClH.Ru/c1-14(2)15(3)20(21,16-6-10-18(22-4)11-7-16)17-8-12-19(23-5)13-9-17;1-8-2-3-9-14(18-6-16-9)12(8)13-11(20)5-4-10-15(13)19-7-17-10;1-7-4-8(2)6-9(3)5-7;;;;;;/h6-15,21H,3H2,1-2,4-5H3;2-5H,1,6-7,20H2;4-6H,1-3H3;;;;2*1H;/q-2;-1;;;;;;;+2/p-2/t15-;;;;;;;;/m1......../s1. The molecule has 0 aliphatic carbocycles. The van der Waals surface area contributed by atoms with E-state index in [1.54, 1.807) is 14.2 Å². The van der Waals surface area contributed by atoms with Crippen LogP contribution in [0.15, 0.2) is 91.0 Å². The zero-order valence-electron chi connectivity index (χ0n) is 33.3. The van der Waals surface area contributed by atoms with Crippen molar-refractivity contribution in [3.63, 3.8) is 0 Å². The van der Waals surface area contributed by atoms with Gasteiger partial charge in [-0.3, -0.25) is 0 Å². The second-order valence-corrected chi connectivity index (χ2v) is 16.7. The Bertz CT molecular complexity index is 1870. The summed E-state index contributed by atoms with van der Waals surface area (Å²) in [6.45, 7) is 19.4. The summed E-state index contributed by atoms with van der Waals surface area (Å²) in [7, 11) is 15.7. The van der Waals surface area contributed by atoms with Crippen LogP contribution in [-0.2, 0) is 20.7 Å². The van der Waals surface area contributed by atoms with Crippen molar-refractivity contribution in [2.75, 3.05) is 27.8 Å². The number of halogens is 2. The topological polar surface area (TPSA) is 79.2 Å². The average Bonchev–Trinajstić information content (AvgIpc) is 3.85. The molecule has 2 aliphatic heterocycles. The summed E-state index contributed by atoms with van der Waals surface area (Å²) in [5.41, 5.74) is 16.9. The molecule has 1 N–H and O–H groups in total. The van der Waals surface area contributed by atoms with E-state index < -0.39 is 5.54 Å². The van der Waals surface area contributed by atoms with Gasteiger partial charge in [0.2, 0.25) is 13.6 Å². The van der Waals surface area contributed by atoms with E-state index >= 15 is 0 Å². The van der Waals surface area contributed by atoms with Crippen LogP contribution in [0.25, 0.3) is 16.9 Å². The van der Waals surface area contributed by atoms with Gasteiger partial charge < -0.3 is 41.1 Å². The quantitative estimate of drug-likeness (QED) is 0.0918. The van der Waals surface area contributed by atoms with Crippen LogP contribution in [0.4, 0.5) is 0 Å². The predicted molar refractivity (Wildman–Crippen MR) is 225 cm³/mol. The number of aryl methyl sites for hydroxylation is 3. The molecule has 14 heteroatoms. The van der Waals surface area contributed by atoms with Crippen LogP contribution in [0.5, 0.6) is 34.5 Å². The molecule has 0 aromatic heterocycles. The summed E-state index contributed by atoms with van der Waals surface area (Å²) >= 11 is -0.346. The van der Waals surface area contributed by atoms with Crippen LogP contribution in [0.1, 0.15) is 47.2 Å².